The molecule has 0 spiro atoms. The zero-order chi connectivity index (χ0) is 28.3. The summed E-state index contributed by atoms with van der Waals surface area (Å²) in [5.74, 6) is 2.68. The first-order chi connectivity index (χ1) is 19.9. The Bertz CT molecular complexity index is 1610. The Morgan fingerprint density at radius 3 is 2.63 bits per heavy atom. The van der Waals surface area contributed by atoms with Crippen molar-refractivity contribution in [3.05, 3.63) is 42.1 Å². The normalized spacial score (nSPS) is 24.6. The minimum atomic E-state index is -0.0784. The highest BCUT2D eigenvalue weighted by atomic mass is 16.5. The molecule has 2 aliphatic carbocycles. The van der Waals surface area contributed by atoms with Gasteiger partial charge < -0.3 is 29.2 Å². The molecule has 1 atom stereocenters. The molecule has 1 amide bonds. The van der Waals surface area contributed by atoms with Crippen LogP contribution in [0.5, 0.6) is 5.75 Å². The second-order valence-electron chi connectivity index (χ2n) is 12.7. The van der Waals surface area contributed by atoms with E-state index in [1.165, 1.54) is 12.8 Å². The van der Waals surface area contributed by atoms with Gasteiger partial charge in [-0.25, -0.2) is 9.97 Å². The van der Waals surface area contributed by atoms with Gasteiger partial charge in [-0.3, -0.25) is 4.79 Å². The van der Waals surface area contributed by atoms with E-state index in [-0.39, 0.29) is 17.6 Å². The maximum Gasteiger partial charge on any atom is 0.254 e. The average molecular weight is 557 g/mol. The Balaban J connectivity index is 1.37. The largest absolute Gasteiger partial charge is 0.494 e. The molecule has 9 nitrogen and oxygen atoms in total. The topological polar surface area (TPSA) is 100 Å². The van der Waals surface area contributed by atoms with Gasteiger partial charge in [0.25, 0.3) is 5.91 Å². The Morgan fingerprint density at radius 2 is 1.90 bits per heavy atom. The highest BCUT2D eigenvalue weighted by Gasteiger charge is 2.41. The van der Waals surface area contributed by atoms with Crippen molar-refractivity contribution in [2.45, 2.75) is 70.2 Å². The third-order valence-electron chi connectivity index (χ3n) is 9.42. The first kappa shape index (κ1) is 26.5. The molecule has 4 heterocycles. The van der Waals surface area contributed by atoms with Gasteiger partial charge in [-0.2, -0.15) is 0 Å². The number of amides is 1. The standard InChI is InChI=1S/C32H40N6O3/c1-32(41-3)15-21(16-32)18-38-28-25(12-23(14-27(28)40-2)31(39)36-11-5-7-24(33)19-36)35-30(38)26-13-22-6-4-10-34-29(22)37(26)17-20-8-9-20/h4,6,10,12-14,20-21,24H,5,7-9,11,15-19,33H2,1-3H3/t21?,24-,32?/m1/s1. The minimum absolute atomic E-state index is 0.0154. The lowest BCUT2D eigenvalue weighted by atomic mass is 9.72. The van der Waals surface area contributed by atoms with Crippen LogP contribution in [0.2, 0.25) is 0 Å². The summed E-state index contributed by atoms with van der Waals surface area (Å²) in [5, 5.41) is 1.11. The van der Waals surface area contributed by atoms with Gasteiger partial charge in [0.1, 0.15) is 16.9 Å². The molecule has 9 heteroatoms. The van der Waals surface area contributed by atoms with Crippen LogP contribution >= 0.6 is 0 Å². The minimum Gasteiger partial charge on any atom is -0.494 e. The van der Waals surface area contributed by atoms with Crippen molar-refractivity contribution in [2.75, 3.05) is 27.3 Å². The number of carbonyl (C=O) groups excluding carboxylic acids is 1. The zero-order valence-electron chi connectivity index (χ0n) is 24.3. The van der Waals surface area contributed by atoms with E-state index in [0.717, 1.165) is 78.9 Å². The maximum atomic E-state index is 13.6. The summed E-state index contributed by atoms with van der Waals surface area (Å²) in [7, 11) is 3.48. The number of ether oxygens (including phenoxy) is 2. The van der Waals surface area contributed by atoms with E-state index in [0.29, 0.717) is 29.7 Å². The van der Waals surface area contributed by atoms with E-state index in [9.17, 15) is 4.79 Å². The van der Waals surface area contributed by atoms with Crippen LogP contribution in [0.1, 0.15) is 55.8 Å². The van der Waals surface area contributed by atoms with E-state index >= 15 is 0 Å². The lowest BCUT2D eigenvalue weighted by molar-refractivity contribution is -0.0937. The van der Waals surface area contributed by atoms with Gasteiger partial charge in [0.2, 0.25) is 0 Å². The molecule has 4 aromatic rings. The molecule has 2 saturated carbocycles. The first-order valence-electron chi connectivity index (χ1n) is 15.0. The smallest absolute Gasteiger partial charge is 0.254 e. The molecular weight excluding hydrogens is 516 g/mol. The van der Waals surface area contributed by atoms with Gasteiger partial charge in [0.05, 0.1) is 23.9 Å². The average Bonchev–Trinajstić information content (AvgIpc) is 3.62. The number of nitrogens with zero attached hydrogens (tertiary/aromatic N) is 5. The third kappa shape index (κ3) is 4.78. The van der Waals surface area contributed by atoms with Crippen molar-refractivity contribution >= 4 is 28.0 Å². The van der Waals surface area contributed by atoms with Crippen molar-refractivity contribution in [3.8, 4) is 17.3 Å². The van der Waals surface area contributed by atoms with Crippen molar-refractivity contribution < 1.29 is 14.3 Å². The first-order valence-corrected chi connectivity index (χ1v) is 15.0. The summed E-state index contributed by atoms with van der Waals surface area (Å²) in [6.07, 6.45) is 8.22. The Hall–Kier alpha value is -3.43. The number of rotatable bonds is 8. The van der Waals surface area contributed by atoms with Crippen molar-refractivity contribution in [2.24, 2.45) is 17.6 Å². The lowest BCUT2D eigenvalue weighted by Crippen LogP contribution is -2.45. The number of benzene rings is 1. The second kappa shape index (κ2) is 10.1. The predicted molar refractivity (Wildman–Crippen MR) is 159 cm³/mol. The van der Waals surface area contributed by atoms with Crippen LogP contribution in [-0.4, -0.2) is 68.9 Å². The summed E-state index contributed by atoms with van der Waals surface area (Å²) < 4.78 is 16.4. The molecule has 7 rings (SSSR count). The van der Waals surface area contributed by atoms with Crippen LogP contribution in [-0.2, 0) is 17.8 Å². The highest BCUT2D eigenvalue weighted by molar-refractivity contribution is 6.00. The number of aromatic nitrogens is 4. The number of fused-ring (bicyclic) bond motifs is 2. The molecule has 0 unspecified atom stereocenters. The molecule has 216 valence electrons. The fraction of sp³-hybridized carbons (Fsp3) is 0.531. The zero-order valence-corrected chi connectivity index (χ0v) is 24.3. The molecule has 3 fully saturated rings. The van der Waals surface area contributed by atoms with Gasteiger partial charge >= 0.3 is 0 Å². The van der Waals surface area contributed by atoms with Gasteiger partial charge in [-0.05, 0) is 87.6 Å². The lowest BCUT2D eigenvalue weighted by Gasteiger charge is -2.44. The molecule has 41 heavy (non-hydrogen) atoms. The van der Waals surface area contributed by atoms with Crippen LogP contribution in [0.25, 0.3) is 33.6 Å². The molecule has 0 bridgehead atoms. The van der Waals surface area contributed by atoms with Gasteiger partial charge in [0, 0.05) is 56.5 Å². The van der Waals surface area contributed by atoms with E-state index in [2.05, 4.69) is 28.2 Å². The molecule has 1 saturated heterocycles. The van der Waals surface area contributed by atoms with E-state index in [1.807, 2.05) is 29.3 Å². The molecular formula is C32H40N6O3. The summed E-state index contributed by atoms with van der Waals surface area (Å²) in [6, 6.07) is 10.2. The monoisotopic (exact) mass is 556 g/mol. The van der Waals surface area contributed by atoms with Gasteiger partial charge in [-0.15, -0.1) is 0 Å². The number of carbonyl (C=O) groups is 1. The number of methoxy groups -OCH3 is 2. The van der Waals surface area contributed by atoms with Crippen LogP contribution in [0.15, 0.2) is 36.5 Å². The number of hydrogen-bond acceptors (Lipinski definition) is 6. The number of pyridine rings is 1. The van der Waals surface area contributed by atoms with Crippen molar-refractivity contribution in [3.63, 3.8) is 0 Å². The molecule has 3 aliphatic rings. The van der Waals surface area contributed by atoms with Crippen LogP contribution in [0, 0.1) is 11.8 Å². The summed E-state index contributed by atoms with van der Waals surface area (Å²) >= 11 is 0. The van der Waals surface area contributed by atoms with Crippen LogP contribution in [0.4, 0.5) is 0 Å². The third-order valence-corrected chi connectivity index (χ3v) is 9.42. The SMILES string of the molecule is COc1cc(C(=O)N2CCC[C@@H](N)C2)cc2nc(-c3cc4cccnc4n3CC3CC3)n(CC3CC(C)(OC)C3)c12. The highest BCUT2D eigenvalue weighted by Crippen LogP contribution is 2.44. The molecule has 2 N–H and O–H groups in total. The Morgan fingerprint density at radius 1 is 1.10 bits per heavy atom. The van der Waals surface area contributed by atoms with Crippen molar-refractivity contribution in [1.29, 1.82) is 0 Å². The number of imidazole rings is 1. The number of piperidine rings is 1. The summed E-state index contributed by atoms with van der Waals surface area (Å²) in [5.41, 5.74) is 10.5. The number of nitrogens with two attached hydrogens (primary N) is 1. The van der Waals surface area contributed by atoms with Crippen LogP contribution in [0.3, 0.4) is 0 Å². The quantitative estimate of drug-likeness (QED) is 0.333. The van der Waals surface area contributed by atoms with E-state index < -0.39 is 0 Å². The fourth-order valence-electron chi connectivity index (χ4n) is 6.99. The Labute approximate surface area is 240 Å². The second-order valence-corrected chi connectivity index (χ2v) is 12.7. The van der Waals surface area contributed by atoms with Gasteiger partial charge in [0.15, 0.2) is 5.82 Å². The molecule has 1 aliphatic heterocycles. The summed E-state index contributed by atoms with van der Waals surface area (Å²) in [4.78, 5) is 25.5. The van der Waals surface area contributed by atoms with Crippen molar-refractivity contribution in [1.82, 2.24) is 24.0 Å². The van der Waals surface area contributed by atoms with E-state index in [1.54, 1.807) is 14.2 Å². The van der Waals surface area contributed by atoms with Gasteiger partial charge in [-0.1, -0.05) is 0 Å². The molecule has 1 aromatic carbocycles. The Kier molecular flexibility index (Phi) is 6.54. The molecule has 0 radical (unpaired) electrons. The maximum absolute atomic E-state index is 13.6. The predicted octanol–water partition coefficient (Wildman–Crippen LogP) is 4.85. The summed E-state index contributed by atoms with van der Waals surface area (Å²) in [6.45, 7) is 5.21. The van der Waals surface area contributed by atoms with E-state index in [4.69, 9.17) is 25.2 Å². The number of hydrogen-bond donors (Lipinski definition) is 1. The fourth-order valence-corrected chi connectivity index (χ4v) is 6.99. The number of likely N-dealkylation sites (tertiary alicyclic amines) is 1. The molecule has 3 aromatic heterocycles. The van der Waals surface area contributed by atoms with Crippen LogP contribution < -0.4 is 10.5 Å².